The Morgan fingerprint density at radius 3 is 2.00 bits per heavy atom. The standard InChI is InChI=1S/C5H11NO.C2H3N/c1-6-2-4-7-5-3-6;1-2-3/h2-5H2,1H3;1H3. The van der Waals surface area contributed by atoms with Crippen molar-refractivity contribution in [1.29, 1.82) is 5.26 Å². The van der Waals surface area contributed by atoms with Gasteiger partial charge in [-0.25, -0.2) is 0 Å². The van der Waals surface area contributed by atoms with Crippen LogP contribution in [0.15, 0.2) is 0 Å². The molecule has 0 atom stereocenters. The number of ether oxygens (including phenoxy) is 1. The maximum absolute atomic E-state index is 7.32. The van der Waals surface area contributed by atoms with Gasteiger partial charge < -0.3 is 9.64 Å². The third-order valence-corrected chi connectivity index (χ3v) is 1.23. The van der Waals surface area contributed by atoms with Crippen LogP contribution in [0.3, 0.4) is 0 Å². The summed E-state index contributed by atoms with van der Waals surface area (Å²) < 4.78 is 5.10. The largest absolute Gasteiger partial charge is 0.379 e. The fourth-order valence-electron chi connectivity index (χ4n) is 0.655. The molecule has 1 rings (SSSR count). The van der Waals surface area contributed by atoms with Crippen LogP contribution < -0.4 is 0 Å². The van der Waals surface area contributed by atoms with Crippen LogP contribution in [0, 0.1) is 11.3 Å². The van der Waals surface area contributed by atoms with Gasteiger partial charge in [-0.15, -0.1) is 0 Å². The molecule has 1 aliphatic rings. The lowest BCUT2D eigenvalue weighted by atomic mass is 10.5. The van der Waals surface area contributed by atoms with E-state index in [0.29, 0.717) is 0 Å². The van der Waals surface area contributed by atoms with Crippen LogP contribution in [0.5, 0.6) is 0 Å². The molecular weight excluding hydrogens is 128 g/mol. The van der Waals surface area contributed by atoms with Crippen molar-refractivity contribution in [3.8, 4) is 6.07 Å². The summed E-state index contributed by atoms with van der Waals surface area (Å²) in [7, 11) is 2.11. The van der Waals surface area contributed by atoms with Crippen LogP contribution in [0.1, 0.15) is 6.92 Å². The molecule has 3 nitrogen and oxygen atoms in total. The Hall–Kier alpha value is -0.590. The molecular formula is C7H14N2O. The highest BCUT2D eigenvalue weighted by Crippen LogP contribution is 1.89. The molecule has 0 aliphatic carbocycles. The summed E-state index contributed by atoms with van der Waals surface area (Å²) in [5.41, 5.74) is 0. The Balaban J connectivity index is 0.000000236. The van der Waals surface area contributed by atoms with Gasteiger partial charge in [0.15, 0.2) is 0 Å². The Bertz CT molecular complexity index is 103. The van der Waals surface area contributed by atoms with E-state index in [2.05, 4.69) is 11.9 Å². The average Bonchev–Trinajstić information content (AvgIpc) is 1.91. The molecule has 0 aromatic carbocycles. The van der Waals surface area contributed by atoms with E-state index >= 15 is 0 Å². The molecule has 0 aromatic rings. The molecule has 10 heavy (non-hydrogen) atoms. The van der Waals surface area contributed by atoms with Gasteiger partial charge in [-0.05, 0) is 7.05 Å². The number of nitrogens with zero attached hydrogens (tertiary/aromatic N) is 2. The number of hydrogen-bond donors (Lipinski definition) is 0. The van der Waals surface area contributed by atoms with E-state index in [9.17, 15) is 0 Å². The maximum Gasteiger partial charge on any atom is 0.0594 e. The molecule has 58 valence electrons. The predicted molar refractivity (Wildman–Crippen MR) is 39.6 cm³/mol. The van der Waals surface area contributed by atoms with Crippen molar-refractivity contribution in [2.24, 2.45) is 0 Å². The van der Waals surface area contributed by atoms with Gasteiger partial charge in [0.25, 0.3) is 0 Å². The lowest BCUT2D eigenvalue weighted by Gasteiger charge is -2.21. The first-order valence-electron chi connectivity index (χ1n) is 3.38. The van der Waals surface area contributed by atoms with Gasteiger partial charge in [-0.1, -0.05) is 0 Å². The zero-order valence-electron chi connectivity index (χ0n) is 6.63. The number of nitriles is 1. The fraction of sp³-hybridized carbons (Fsp3) is 0.857. The average molecular weight is 142 g/mol. The molecule has 1 fully saturated rings. The Morgan fingerprint density at radius 1 is 1.40 bits per heavy atom. The van der Waals surface area contributed by atoms with Crippen molar-refractivity contribution in [2.45, 2.75) is 6.92 Å². The summed E-state index contributed by atoms with van der Waals surface area (Å²) in [4.78, 5) is 2.27. The highest BCUT2D eigenvalue weighted by molar-refractivity contribution is 4.53. The molecule has 0 spiro atoms. The molecule has 1 saturated heterocycles. The zero-order chi connectivity index (χ0) is 7.82. The first-order chi connectivity index (χ1) is 4.81. The molecule has 0 unspecified atom stereocenters. The van der Waals surface area contributed by atoms with Crippen LogP contribution in [0.2, 0.25) is 0 Å². The Kier molecular flexibility index (Phi) is 6.14. The van der Waals surface area contributed by atoms with Gasteiger partial charge in [-0.2, -0.15) is 5.26 Å². The van der Waals surface area contributed by atoms with Crippen molar-refractivity contribution < 1.29 is 4.74 Å². The summed E-state index contributed by atoms with van der Waals surface area (Å²) in [5.74, 6) is 0. The summed E-state index contributed by atoms with van der Waals surface area (Å²) in [6.07, 6.45) is 0. The van der Waals surface area contributed by atoms with Gasteiger partial charge in [0.05, 0.1) is 19.3 Å². The van der Waals surface area contributed by atoms with Crippen LogP contribution >= 0.6 is 0 Å². The van der Waals surface area contributed by atoms with Crippen molar-refractivity contribution in [2.75, 3.05) is 33.4 Å². The summed E-state index contributed by atoms with van der Waals surface area (Å²) in [5, 5.41) is 7.32. The second-order valence-electron chi connectivity index (χ2n) is 2.14. The van der Waals surface area contributed by atoms with Gasteiger partial charge in [-0.3, -0.25) is 0 Å². The third kappa shape index (κ3) is 5.54. The second-order valence-corrected chi connectivity index (χ2v) is 2.14. The lowest BCUT2D eigenvalue weighted by molar-refractivity contribution is 0.0503. The van der Waals surface area contributed by atoms with E-state index in [-0.39, 0.29) is 0 Å². The van der Waals surface area contributed by atoms with Gasteiger partial charge in [0, 0.05) is 20.0 Å². The van der Waals surface area contributed by atoms with Crippen molar-refractivity contribution >= 4 is 0 Å². The van der Waals surface area contributed by atoms with Crippen LogP contribution in [-0.2, 0) is 4.74 Å². The van der Waals surface area contributed by atoms with E-state index in [0.717, 1.165) is 26.3 Å². The smallest absolute Gasteiger partial charge is 0.0594 e. The minimum absolute atomic E-state index is 0.913. The highest BCUT2D eigenvalue weighted by atomic mass is 16.5. The van der Waals surface area contributed by atoms with E-state index in [1.807, 2.05) is 0 Å². The number of hydrogen-bond acceptors (Lipinski definition) is 3. The minimum atomic E-state index is 0.913. The van der Waals surface area contributed by atoms with Gasteiger partial charge in [0.2, 0.25) is 0 Å². The fourth-order valence-corrected chi connectivity index (χ4v) is 0.655. The molecule has 1 heterocycles. The molecule has 0 radical (unpaired) electrons. The maximum atomic E-state index is 7.32. The minimum Gasteiger partial charge on any atom is -0.379 e. The first kappa shape index (κ1) is 9.41. The molecule has 3 heteroatoms. The Labute approximate surface area is 62.2 Å². The molecule has 0 N–H and O–H groups in total. The summed E-state index contributed by atoms with van der Waals surface area (Å²) in [6.45, 7) is 5.45. The second kappa shape index (κ2) is 6.53. The topological polar surface area (TPSA) is 36.3 Å². The monoisotopic (exact) mass is 142 g/mol. The zero-order valence-corrected chi connectivity index (χ0v) is 6.63. The Morgan fingerprint density at radius 2 is 1.80 bits per heavy atom. The summed E-state index contributed by atoms with van der Waals surface area (Å²) >= 11 is 0. The highest BCUT2D eigenvalue weighted by Gasteiger charge is 2.02. The normalized spacial score (nSPS) is 18.5. The van der Waals surface area contributed by atoms with Crippen LogP contribution in [-0.4, -0.2) is 38.3 Å². The number of likely N-dealkylation sites (N-methyl/N-ethyl adjacent to an activating group) is 1. The van der Waals surface area contributed by atoms with Gasteiger partial charge in [0.1, 0.15) is 0 Å². The summed E-state index contributed by atoms with van der Waals surface area (Å²) in [6, 6.07) is 1.75. The first-order valence-corrected chi connectivity index (χ1v) is 3.38. The quantitative estimate of drug-likeness (QED) is 0.493. The molecule has 0 bridgehead atoms. The number of morpholine rings is 1. The van der Waals surface area contributed by atoms with Crippen LogP contribution in [0.4, 0.5) is 0 Å². The SMILES string of the molecule is CC#N.CN1CCOCC1. The van der Waals surface area contributed by atoms with Crippen molar-refractivity contribution in [3.05, 3.63) is 0 Å². The van der Waals surface area contributed by atoms with E-state index in [1.54, 1.807) is 6.07 Å². The molecule has 0 aromatic heterocycles. The van der Waals surface area contributed by atoms with Crippen LogP contribution in [0.25, 0.3) is 0 Å². The van der Waals surface area contributed by atoms with E-state index in [1.165, 1.54) is 6.92 Å². The third-order valence-electron chi connectivity index (χ3n) is 1.23. The lowest BCUT2D eigenvalue weighted by Crippen LogP contribution is -2.32. The van der Waals surface area contributed by atoms with E-state index < -0.39 is 0 Å². The molecule has 0 saturated carbocycles. The van der Waals surface area contributed by atoms with Gasteiger partial charge >= 0.3 is 0 Å². The molecule has 0 amide bonds. The predicted octanol–water partition coefficient (Wildman–Crippen LogP) is 0.478. The van der Waals surface area contributed by atoms with Crippen molar-refractivity contribution in [1.82, 2.24) is 4.90 Å². The number of rotatable bonds is 0. The van der Waals surface area contributed by atoms with E-state index in [4.69, 9.17) is 10.00 Å². The van der Waals surface area contributed by atoms with Crippen molar-refractivity contribution in [3.63, 3.8) is 0 Å². The molecule has 1 aliphatic heterocycles.